The first-order valence-electron chi connectivity index (χ1n) is 1.69. The maximum Gasteiger partial charge on any atom is 0.244 e. The van der Waals surface area contributed by atoms with Crippen LogP contribution in [-0.2, 0) is 4.79 Å². The molecule has 0 aromatic carbocycles. The highest BCUT2D eigenvalue weighted by atomic mass is 35.5. The first-order valence-corrected chi connectivity index (χ1v) is 2.07. The average Bonchev–Trinajstić information content (AvgIpc) is 1.61. The summed E-state index contributed by atoms with van der Waals surface area (Å²) in [6.45, 7) is -0.640. The second-order valence-electron chi connectivity index (χ2n) is 0.861. The van der Waals surface area contributed by atoms with Crippen LogP contribution in [-0.4, -0.2) is 11.9 Å². The molecule has 3 heteroatoms. The third-order valence-corrected chi connectivity index (χ3v) is 0.464. The minimum absolute atomic E-state index is 0.640. The Morgan fingerprint density at radius 3 is 2.57 bits per heavy atom. The molecule has 0 aliphatic rings. The van der Waals surface area contributed by atoms with Crippen LogP contribution < -0.4 is 0 Å². The largest absolute Gasteiger partial charge is 0.276 e. The van der Waals surface area contributed by atoms with E-state index in [9.17, 15) is 9.18 Å². The minimum Gasteiger partial charge on any atom is -0.276 e. The zero-order valence-electron chi connectivity index (χ0n) is 3.53. The van der Waals surface area contributed by atoms with E-state index in [0.717, 1.165) is 12.2 Å². The lowest BCUT2D eigenvalue weighted by molar-refractivity contribution is -0.107. The second-order valence-corrected chi connectivity index (χ2v) is 1.23. The highest BCUT2D eigenvalue weighted by Crippen LogP contribution is 1.81. The van der Waals surface area contributed by atoms with Gasteiger partial charge in [-0.1, -0.05) is 0 Å². The Labute approximate surface area is 45.8 Å². The van der Waals surface area contributed by atoms with Gasteiger partial charge in [0.15, 0.2) is 0 Å². The van der Waals surface area contributed by atoms with Crippen molar-refractivity contribution in [2.24, 2.45) is 0 Å². The topological polar surface area (TPSA) is 17.1 Å². The van der Waals surface area contributed by atoms with E-state index >= 15 is 0 Å². The summed E-state index contributed by atoms with van der Waals surface area (Å²) in [5.74, 6) is 0. The van der Waals surface area contributed by atoms with E-state index in [-0.39, 0.29) is 0 Å². The number of rotatable bonds is 2. The van der Waals surface area contributed by atoms with Crippen molar-refractivity contribution in [3.63, 3.8) is 0 Å². The molecule has 0 fully saturated rings. The number of hydrogen-bond acceptors (Lipinski definition) is 1. The van der Waals surface area contributed by atoms with Crippen molar-refractivity contribution in [3.05, 3.63) is 12.2 Å². The molecule has 0 aromatic heterocycles. The van der Waals surface area contributed by atoms with Gasteiger partial charge in [0, 0.05) is 0 Å². The summed E-state index contributed by atoms with van der Waals surface area (Å²) in [4.78, 5) is 9.71. The summed E-state index contributed by atoms with van der Waals surface area (Å²) in [5.41, 5.74) is 0. The molecule has 0 saturated heterocycles. The van der Waals surface area contributed by atoms with Crippen LogP contribution in [0.3, 0.4) is 0 Å². The molecule has 1 nitrogen and oxygen atoms in total. The Balaban J connectivity index is 3.26. The highest BCUT2D eigenvalue weighted by Gasteiger charge is 1.80. The second kappa shape index (κ2) is 3.81. The summed E-state index contributed by atoms with van der Waals surface area (Å²) >= 11 is 4.76. The lowest BCUT2D eigenvalue weighted by Crippen LogP contribution is -1.74. The molecule has 0 aromatic rings. The van der Waals surface area contributed by atoms with Crippen molar-refractivity contribution < 1.29 is 9.18 Å². The smallest absolute Gasteiger partial charge is 0.244 e. The van der Waals surface area contributed by atoms with Crippen molar-refractivity contribution in [2.45, 2.75) is 0 Å². The molecule has 0 amide bonds. The SMILES string of the molecule is O=C(Cl)C=CCF. The van der Waals surface area contributed by atoms with Crippen molar-refractivity contribution in [3.8, 4) is 0 Å². The standard InChI is InChI=1S/C4H4ClFO/c5-4(7)2-1-3-6/h1-2H,3H2. The van der Waals surface area contributed by atoms with Crippen LogP contribution in [0.25, 0.3) is 0 Å². The fourth-order valence-corrected chi connectivity index (χ4v) is 0.226. The fourth-order valence-electron chi connectivity index (χ4n) is 0.137. The highest BCUT2D eigenvalue weighted by molar-refractivity contribution is 6.66. The lowest BCUT2D eigenvalue weighted by atomic mass is 10.6. The Bertz CT molecular complexity index is 89.7. The van der Waals surface area contributed by atoms with Crippen molar-refractivity contribution >= 4 is 16.8 Å². The molecule has 0 aliphatic heterocycles. The van der Waals surface area contributed by atoms with E-state index < -0.39 is 11.9 Å². The van der Waals surface area contributed by atoms with Gasteiger partial charge in [0.05, 0.1) is 0 Å². The summed E-state index contributed by atoms with van der Waals surface area (Å²) in [7, 11) is 0. The molecule has 7 heavy (non-hydrogen) atoms. The molecule has 0 atom stereocenters. The molecule has 0 radical (unpaired) electrons. The molecular weight excluding hydrogens is 118 g/mol. The molecule has 40 valence electrons. The summed E-state index contributed by atoms with van der Waals surface area (Å²) < 4.78 is 11.1. The normalized spacial score (nSPS) is 10.0. The third-order valence-electron chi connectivity index (χ3n) is 0.338. The molecule has 0 aliphatic carbocycles. The lowest BCUT2D eigenvalue weighted by Gasteiger charge is -1.69. The Kier molecular flexibility index (Phi) is 3.61. The summed E-state index contributed by atoms with van der Waals surface area (Å²) in [6.07, 6.45) is 2.02. The van der Waals surface area contributed by atoms with E-state index in [1.807, 2.05) is 0 Å². The number of allylic oxidation sites excluding steroid dienone is 2. The zero-order chi connectivity index (χ0) is 5.70. The van der Waals surface area contributed by atoms with E-state index in [4.69, 9.17) is 11.6 Å². The van der Waals surface area contributed by atoms with Crippen LogP contribution in [0.5, 0.6) is 0 Å². The molecule has 0 bridgehead atoms. The van der Waals surface area contributed by atoms with E-state index in [2.05, 4.69) is 0 Å². The third kappa shape index (κ3) is 5.63. The average molecular weight is 123 g/mol. The maximum absolute atomic E-state index is 11.1. The molecule has 0 spiro atoms. The quantitative estimate of drug-likeness (QED) is 0.398. The van der Waals surface area contributed by atoms with Crippen LogP contribution in [0, 0.1) is 0 Å². The maximum atomic E-state index is 11.1. The van der Waals surface area contributed by atoms with Gasteiger partial charge in [-0.2, -0.15) is 0 Å². The van der Waals surface area contributed by atoms with Gasteiger partial charge in [-0.25, -0.2) is 4.39 Å². The molecule has 0 rings (SSSR count). The minimum atomic E-state index is -0.641. The Hall–Kier alpha value is -0.370. The number of halogens is 2. The van der Waals surface area contributed by atoms with E-state index in [0.29, 0.717) is 0 Å². The number of carbonyl (C=O) groups is 1. The predicted octanol–water partition coefficient (Wildman–Crippen LogP) is 1.28. The Morgan fingerprint density at radius 2 is 2.43 bits per heavy atom. The first-order chi connectivity index (χ1) is 3.27. The van der Waals surface area contributed by atoms with Crippen LogP contribution in [0.1, 0.15) is 0 Å². The van der Waals surface area contributed by atoms with Crippen LogP contribution in [0.2, 0.25) is 0 Å². The van der Waals surface area contributed by atoms with Crippen LogP contribution in [0.15, 0.2) is 12.2 Å². The van der Waals surface area contributed by atoms with Crippen molar-refractivity contribution in [1.82, 2.24) is 0 Å². The fraction of sp³-hybridized carbons (Fsp3) is 0.250. The number of hydrogen-bond donors (Lipinski definition) is 0. The molecular formula is C4H4ClFO. The zero-order valence-corrected chi connectivity index (χ0v) is 4.28. The van der Waals surface area contributed by atoms with Crippen LogP contribution in [0.4, 0.5) is 4.39 Å². The van der Waals surface area contributed by atoms with Crippen LogP contribution >= 0.6 is 11.6 Å². The predicted molar refractivity (Wildman–Crippen MR) is 26.0 cm³/mol. The molecule has 0 heterocycles. The van der Waals surface area contributed by atoms with Gasteiger partial charge in [0.2, 0.25) is 5.24 Å². The van der Waals surface area contributed by atoms with Crippen molar-refractivity contribution in [2.75, 3.05) is 6.67 Å². The van der Waals surface area contributed by atoms with E-state index in [1.54, 1.807) is 0 Å². The van der Waals surface area contributed by atoms with Gasteiger partial charge in [0.1, 0.15) is 6.67 Å². The van der Waals surface area contributed by atoms with Gasteiger partial charge in [-0.3, -0.25) is 4.79 Å². The van der Waals surface area contributed by atoms with Gasteiger partial charge in [-0.05, 0) is 23.8 Å². The van der Waals surface area contributed by atoms with Gasteiger partial charge in [0.25, 0.3) is 0 Å². The van der Waals surface area contributed by atoms with Crippen molar-refractivity contribution in [1.29, 1.82) is 0 Å². The molecule has 0 unspecified atom stereocenters. The molecule has 0 N–H and O–H groups in total. The monoisotopic (exact) mass is 122 g/mol. The number of carbonyl (C=O) groups excluding carboxylic acids is 1. The van der Waals surface area contributed by atoms with Gasteiger partial charge in [-0.15, -0.1) is 0 Å². The summed E-state index contributed by atoms with van der Waals surface area (Å²) in [6, 6.07) is 0. The van der Waals surface area contributed by atoms with E-state index in [1.165, 1.54) is 0 Å². The number of alkyl halides is 1. The van der Waals surface area contributed by atoms with Gasteiger partial charge < -0.3 is 0 Å². The first kappa shape index (κ1) is 6.63. The molecule has 0 saturated carbocycles. The van der Waals surface area contributed by atoms with Gasteiger partial charge >= 0.3 is 0 Å². The Morgan fingerprint density at radius 1 is 1.86 bits per heavy atom. The summed E-state index contributed by atoms with van der Waals surface area (Å²) in [5, 5.41) is -0.641.